The molecule has 0 aromatic heterocycles. The van der Waals surface area contributed by atoms with Crippen molar-refractivity contribution >= 4 is 5.78 Å². The molecule has 0 bridgehead atoms. The van der Waals surface area contributed by atoms with Gasteiger partial charge in [-0.05, 0) is 13.8 Å². The number of hydrogen-bond acceptors (Lipinski definition) is 6. The molecule has 0 amide bonds. The molecule has 0 rings (SSSR count). The third kappa shape index (κ3) is 5.81. The van der Waals surface area contributed by atoms with Gasteiger partial charge in [-0.2, -0.15) is 0 Å². The predicted molar refractivity (Wildman–Crippen MR) is 51.0 cm³/mol. The van der Waals surface area contributed by atoms with Gasteiger partial charge in [0.2, 0.25) is 0 Å². The second-order valence-electron chi connectivity index (χ2n) is 3.46. The van der Waals surface area contributed by atoms with Crippen LogP contribution in [0.2, 0.25) is 0 Å². The SMILES string of the molecule is CC(=O)C[C@@H](O)C(O)OC(CO)C(C)O. The van der Waals surface area contributed by atoms with Crippen LogP contribution in [0.5, 0.6) is 0 Å². The number of carbonyl (C=O) groups excluding carboxylic acids is 1. The standard InChI is InChI=1S/C9H18O6/c1-5(11)3-7(13)9(14)15-8(4-10)6(2)12/h6-10,12-14H,3-4H2,1-2H3/t6?,7-,8?,9?/m1/s1. The smallest absolute Gasteiger partial charge is 0.181 e. The molecule has 0 aliphatic heterocycles. The summed E-state index contributed by atoms with van der Waals surface area (Å²) in [5, 5.41) is 36.4. The first-order valence-corrected chi connectivity index (χ1v) is 4.68. The molecule has 3 unspecified atom stereocenters. The van der Waals surface area contributed by atoms with E-state index in [1.54, 1.807) is 0 Å². The molecule has 0 saturated carbocycles. The molecule has 0 aromatic rings. The van der Waals surface area contributed by atoms with Crippen molar-refractivity contribution in [3.05, 3.63) is 0 Å². The van der Waals surface area contributed by atoms with Gasteiger partial charge in [-0.15, -0.1) is 0 Å². The first-order valence-electron chi connectivity index (χ1n) is 4.68. The average molecular weight is 222 g/mol. The van der Waals surface area contributed by atoms with E-state index >= 15 is 0 Å². The van der Waals surface area contributed by atoms with E-state index in [4.69, 9.17) is 14.9 Å². The summed E-state index contributed by atoms with van der Waals surface area (Å²) in [7, 11) is 0. The number of aliphatic hydroxyl groups excluding tert-OH is 4. The van der Waals surface area contributed by atoms with Crippen LogP contribution in [-0.4, -0.2) is 57.4 Å². The van der Waals surface area contributed by atoms with Gasteiger partial charge in [0, 0.05) is 6.42 Å². The summed E-state index contributed by atoms with van der Waals surface area (Å²) in [5.74, 6) is -0.289. The maximum Gasteiger partial charge on any atom is 0.181 e. The lowest BCUT2D eigenvalue weighted by Gasteiger charge is -2.24. The summed E-state index contributed by atoms with van der Waals surface area (Å²) in [6.45, 7) is 2.17. The van der Waals surface area contributed by atoms with Gasteiger partial charge in [0.25, 0.3) is 0 Å². The van der Waals surface area contributed by atoms with E-state index in [1.165, 1.54) is 13.8 Å². The monoisotopic (exact) mass is 222 g/mol. The molecular formula is C9H18O6. The van der Waals surface area contributed by atoms with Crippen molar-refractivity contribution in [1.82, 2.24) is 0 Å². The van der Waals surface area contributed by atoms with Gasteiger partial charge in [0.15, 0.2) is 6.29 Å². The Bertz CT molecular complexity index is 193. The fraction of sp³-hybridized carbons (Fsp3) is 0.889. The zero-order valence-corrected chi connectivity index (χ0v) is 8.83. The van der Waals surface area contributed by atoms with E-state index in [0.717, 1.165) is 0 Å². The van der Waals surface area contributed by atoms with E-state index in [-0.39, 0.29) is 12.2 Å². The second-order valence-corrected chi connectivity index (χ2v) is 3.46. The first-order chi connectivity index (χ1) is 6.88. The van der Waals surface area contributed by atoms with Crippen molar-refractivity contribution in [3.8, 4) is 0 Å². The zero-order chi connectivity index (χ0) is 12.0. The van der Waals surface area contributed by atoms with Crippen molar-refractivity contribution in [3.63, 3.8) is 0 Å². The summed E-state index contributed by atoms with van der Waals surface area (Å²) in [5.41, 5.74) is 0. The van der Waals surface area contributed by atoms with Gasteiger partial charge < -0.3 is 25.2 Å². The number of Topliss-reactive ketones (excluding diaryl/α,β-unsaturated/α-hetero) is 1. The molecule has 6 heteroatoms. The van der Waals surface area contributed by atoms with Crippen molar-refractivity contribution in [2.45, 2.75) is 44.9 Å². The molecule has 15 heavy (non-hydrogen) atoms. The van der Waals surface area contributed by atoms with Gasteiger partial charge >= 0.3 is 0 Å². The molecule has 6 nitrogen and oxygen atoms in total. The molecule has 4 atom stereocenters. The first kappa shape index (κ1) is 14.5. The van der Waals surface area contributed by atoms with Crippen molar-refractivity contribution in [1.29, 1.82) is 0 Å². The van der Waals surface area contributed by atoms with Crippen LogP contribution in [0.4, 0.5) is 0 Å². The molecule has 0 radical (unpaired) electrons. The van der Waals surface area contributed by atoms with Crippen LogP contribution in [0.1, 0.15) is 20.3 Å². The lowest BCUT2D eigenvalue weighted by atomic mass is 10.2. The molecule has 0 heterocycles. The second kappa shape index (κ2) is 6.86. The minimum Gasteiger partial charge on any atom is -0.394 e. The molecule has 90 valence electrons. The van der Waals surface area contributed by atoms with Crippen LogP contribution in [0, 0.1) is 0 Å². The Hall–Kier alpha value is -0.530. The van der Waals surface area contributed by atoms with Gasteiger partial charge in [-0.3, -0.25) is 4.79 Å². The summed E-state index contributed by atoms with van der Waals surface area (Å²) >= 11 is 0. The number of carbonyl (C=O) groups is 1. The van der Waals surface area contributed by atoms with Crippen LogP contribution in [0.15, 0.2) is 0 Å². The Morgan fingerprint density at radius 2 is 1.87 bits per heavy atom. The molecule has 0 aliphatic carbocycles. The Balaban J connectivity index is 4.09. The zero-order valence-electron chi connectivity index (χ0n) is 8.83. The predicted octanol–water partition coefficient (Wildman–Crippen LogP) is -1.60. The molecule has 0 fully saturated rings. The molecule has 4 N–H and O–H groups in total. The van der Waals surface area contributed by atoms with Crippen LogP contribution in [0.3, 0.4) is 0 Å². The largest absolute Gasteiger partial charge is 0.394 e. The number of hydrogen-bond donors (Lipinski definition) is 4. The maximum atomic E-state index is 10.6. The van der Waals surface area contributed by atoms with E-state index in [2.05, 4.69) is 0 Å². The van der Waals surface area contributed by atoms with E-state index in [0.29, 0.717) is 0 Å². The van der Waals surface area contributed by atoms with Crippen LogP contribution >= 0.6 is 0 Å². The van der Waals surface area contributed by atoms with E-state index in [9.17, 15) is 15.0 Å². The minimum absolute atomic E-state index is 0.237. The summed E-state index contributed by atoms with van der Waals surface area (Å²) in [6, 6.07) is 0. The fourth-order valence-electron chi connectivity index (χ4n) is 0.974. The highest BCUT2D eigenvalue weighted by atomic mass is 16.6. The quantitative estimate of drug-likeness (QED) is 0.387. The number of ketones is 1. The molecular weight excluding hydrogens is 204 g/mol. The molecule has 0 spiro atoms. The minimum atomic E-state index is -1.60. The van der Waals surface area contributed by atoms with Crippen molar-refractivity contribution in [2.24, 2.45) is 0 Å². The summed E-state index contributed by atoms with van der Waals surface area (Å²) < 4.78 is 4.78. The Morgan fingerprint density at radius 3 is 2.20 bits per heavy atom. The van der Waals surface area contributed by atoms with Crippen LogP contribution in [0.25, 0.3) is 0 Å². The molecule has 0 saturated heterocycles. The highest BCUT2D eigenvalue weighted by molar-refractivity contribution is 5.75. The summed E-state index contributed by atoms with van der Waals surface area (Å²) in [6.07, 6.45) is -5.15. The Morgan fingerprint density at radius 1 is 1.33 bits per heavy atom. The van der Waals surface area contributed by atoms with Gasteiger partial charge in [-0.25, -0.2) is 0 Å². The Kier molecular flexibility index (Phi) is 6.62. The normalized spacial score (nSPS) is 19.3. The van der Waals surface area contributed by atoms with Gasteiger partial charge in [0.05, 0.1) is 12.7 Å². The molecule has 0 aromatic carbocycles. The third-order valence-corrected chi connectivity index (χ3v) is 1.86. The lowest BCUT2D eigenvalue weighted by Crippen LogP contribution is -2.39. The van der Waals surface area contributed by atoms with Crippen LogP contribution < -0.4 is 0 Å². The van der Waals surface area contributed by atoms with Gasteiger partial charge in [-0.1, -0.05) is 0 Å². The average Bonchev–Trinajstić information content (AvgIpc) is 2.11. The van der Waals surface area contributed by atoms with Gasteiger partial charge in [0.1, 0.15) is 18.0 Å². The number of ether oxygens (including phenoxy) is 1. The fourth-order valence-corrected chi connectivity index (χ4v) is 0.974. The van der Waals surface area contributed by atoms with Crippen molar-refractivity contribution in [2.75, 3.05) is 6.61 Å². The van der Waals surface area contributed by atoms with Crippen LogP contribution in [-0.2, 0) is 9.53 Å². The van der Waals surface area contributed by atoms with E-state index in [1.807, 2.05) is 0 Å². The highest BCUT2D eigenvalue weighted by Gasteiger charge is 2.24. The third-order valence-electron chi connectivity index (χ3n) is 1.86. The Labute approximate surface area is 88.1 Å². The molecule has 0 aliphatic rings. The number of aliphatic hydroxyl groups is 4. The topological polar surface area (TPSA) is 107 Å². The maximum absolute atomic E-state index is 10.6. The summed E-state index contributed by atoms with van der Waals surface area (Å²) in [4.78, 5) is 10.6. The lowest BCUT2D eigenvalue weighted by molar-refractivity contribution is -0.212. The highest BCUT2D eigenvalue weighted by Crippen LogP contribution is 2.07. The number of rotatable bonds is 7. The van der Waals surface area contributed by atoms with E-state index < -0.39 is 31.2 Å². The van der Waals surface area contributed by atoms with Crippen molar-refractivity contribution < 1.29 is 30.0 Å².